The van der Waals surface area contributed by atoms with Crippen LogP contribution in [0.5, 0.6) is 11.5 Å². The molecule has 3 aromatic carbocycles. The summed E-state index contributed by atoms with van der Waals surface area (Å²) in [6, 6.07) is 19.2. The molecule has 36 heavy (non-hydrogen) atoms. The molecule has 0 aliphatic heterocycles. The normalized spacial score (nSPS) is 10.9. The number of benzene rings is 3. The number of nitrogens with zero attached hydrogens (tertiary/aromatic N) is 4. The van der Waals surface area contributed by atoms with Gasteiger partial charge in [0.1, 0.15) is 17.3 Å². The maximum atomic E-state index is 13.0. The largest absolute Gasteiger partial charge is 0.497 e. The second-order valence-electron chi connectivity index (χ2n) is 7.89. The molecule has 0 atom stereocenters. The van der Waals surface area contributed by atoms with E-state index in [2.05, 4.69) is 25.5 Å². The Bertz CT molecular complexity index is 1640. The summed E-state index contributed by atoms with van der Waals surface area (Å²) in [7, 11) is 3.12. The Morgan fingerprint density at radius 1 is 0.972 bits per heavy atom. The standard InChI is InChI=1S/C26H22N6O4/c1-15-27-21-7-5-4-6-19(21)25(34)32(15)17-10-8-16(9-11-17)24(33)29-26-28-23(30-31-26)20-13-12-18(35-2)14-22(20)36-3/h4-14H,1-3H3,(H2,28,29,30,31,33). The molecule has 1 amide bonds. The number of para-hydroxylation sites is 1. The number of fused-ring (bicyclic) bond motifs is 1. The third kappa shape index (κ3) is 4.16. The van der Waals surface area contributed by atoms with Crippen LogP contribution in [-0.2, 0) is 0 Å². The smallest absolute Gasteiger partial charge is 0.265 e. The minimum atomic E-state index is -0.394. The number of aryl methyl sites for hydroxylation is 1. The summed E-state index contributed by atoms with van der Waals surface area (Å²) in [5.74, 6) is 1.89. The molecule has 0 saturated heterocycles. The van der Waals surface area contributed by atoms with E-state index in [1.807, 2.05) is 6.07 Å². The quantitative estimate of drug-likeness (QED) is 0.378. The molecule has 0 fully saturated rings. The van der Waals surface area contributed by atoms with Crippen LogP contribution in [0.4, 0.5) is 5.95 Å². The van der Waals surface area contributed by atoms with E-state index in [9.17, 15) is 9.59 Å². The summed E-state index contributed by atoms with van der Waals surface area (Å²) in [5, 5.41) is 10.1. The van der Waals surface area contributed by atoms with E-state index in [1.54, 1.807) is 81.8 Å². The van der Waals surface area contributed by atoms with Gasteiger partial charge in [0.2, 0.25) is 5.95 Å². The highest BCUT2D eigenvalue weighted by atomic mass is 16.5. The molecule has 10 heteroatoms. The van der Waals surface area contributed by atoms with Gasteiger partial charge in [-0.1, -0.05) is 12.1 Å². The second kappa shape index (κ2) is 9.34. The zero-order chi connectivity index (χ0) is 25.2. The molecule has 2 N–H and O–H groups in total. The van der Waals surface area contributed by atoms with Crippen LogP contribution in [0.3, 0.4) is 0 Å². The third-order valence-electron chi connectivity index (χ3n) is 5.71. The molecule has 180 valence electrons. The van der Waals surface area contributed by atoms with E-state index >= 15 is 0 Å². The average Bonchev–Trinajstić information content (AvgIpc) is 3.36. The van der Waals surface area contributed by atoms with Crippen LogP contribution in [0.1, 0.15) is 16.2 Å². The van der Waals surface area contributed by atoms with E-state index in [4.69, 9.17) is 9.47 Å². The van der Waals surface area contributed by atoms with Crippen molar-refractivity contribution in [3.8, 4) is 28.6 Å². The number of aromatic amines is 1. The molecule has 5 rings (SSSR count). The number of aromatic nitrogens is 5. The third-order valence-corrected chi connectivity index (χ3v) is 5.71. The Morgan fingerprint density at radius 2 is 1.75 bits per heavy atom. The first-order chi connectivity index (χ1) is 17.5. The molecular formula is C26H22N6O4. The summed E-state index contributed by atoms with van der Waals surface area (Å²) in [4.78, 5) is 34.7. The van der Waals surface area contributed by atoms with Crippen molar-refractivity contribution in [2.75, 3.05) is 19.5 Å². The van der Waals surface area contributed by atoms with Crippen LogP contribution < -0.4 is 20.3 Å². The lowest BCUT2D eigenvalue weighted by Gasteiger charge is -2.11. The number of H-pyrrole nitrogens is 1. The summed E-state index contributed by atoms with van der Waals surface area (Å²) >= 11 is 0. The minimum absolute atomic E-state index is 0.114. The fourth-order valence-corrected chi connectivity index (χ4v) is 3.92. The summed E-state index contributed by atoms with van der Waals surface area (Å²) in [5.41, 5.74) is 2.13. The van der Waals surface area contributed by atoms with E-state index in [0.717, 1.165) is 0 Å². The second-order valence-corrected chi connectivity index (χ2v) is 7.89. The SMILES string of the molecule is COc1ccc(-c2nc(NC(=O)c3ccc(-n4c(C)nc5ccccc5c4=O)cc3)n[nH]2)c(OC)c1. The molecule has 0 radical (unpaired) electrons. The molecule has 0 bridgehead atoms. The van der Waals surface area contributed by atoms with Crippen LogP contribution in [-0.4, -0.2) is 44.9 Å². The first kappa shape index (κ1) is 22.8. The van der Waals surface area contributed by atoms with Gasteiger partial charge < -0.3 is 9.47 Å². The Hall–Kier alpha value is -4.99. The number of hydrogen-bond donors (Lipinski definition) is 2. The number of anilines is 1. The Morgan fingerprint density at radius 3 is 2.50 bits per heavy atom. The highest BCUT2D eigenvalue weighted by Crippen LogP contribution is 2.31. The zero-order valence-corrected chi connectivity index (χ0v) is 19.8. The van der Waals surface area contributed by atoms with Crippen molar-refractivity contribution in [1.29, 1.82) is 0 Å². The maximum absolute atomic E-state index is 13.0. The molecule has 0 saturated carbocycles. The van der Waals surface area contributed by atoms with E-state index in [0.29, 0.717) is 50.9 Å². The number of carbonyl (C=O) groups is 1. The molecule has 0 unspecified atom stereocenters. The van der Waals surface area contributed by atoms with E-state index < -0.39 is 5.91 Å². The number of hydrogen-bond acceptors (Lipinski definition) is 7. The topological polar surface area (TPSA) is 124 Å². The van der Waals surface area contributed by atoms with Gasteiger partial charge in [0.05, 0.1) is 36.4 Å². The zero-order valence-electron chi connectivity index (χ0n) is 19.8. The van der Waals surface area contributed by atoms with Gasteiger partial charge in [-0.3, -0.25) is 24.6 Å². The number of methoxy groups -OCH3 is 2. The van der Waals surface area contributed by atoms with Crippen LogP contribution in [0.15, 0.2) is 71.5 Å². The highest BCUT2D eigenvalue weighted by molar-refractivity contribution is 6.03. The van der Waals surface area contributed by atoms with Gasteiger partial charge in [0.15, 0.2) is 5.82 Å². The molecule has 10 nitrogen and oxygen atoms in total. The van der Waals surface area contributed by atoms with Crippen molar-refractivity contribution in [3.05, 3.63) is 88.5 Å². The first-order valence-electron chi connectivity index (χ1n) is 11.0. The van der Waals surface area contributed by atoms with Gasteiger partial charge in [0, 0.05) is 11.6 Å². The molecule has 2 aromatic heterocycles. The molecule has 0 aliphatic carbocycles. The van der Waals surface area contributed by atoms with Crippen molar-refractivity contribution in [3.63, 3.8) is 0 Å². The summed E-state index contributed by atoms with van der Waals surface area (Å²) < 4.78 is 12.1. The van der Waals surface area contributed by atoms with Crippen molar-refractivity contribution < 1.29 is 14.3 Å². The molecule has 2 heterocycles. The molecule has 0 aliphatic rings. The van der Waals surface area contributed by atoms with Crippen molar-refractivity contribution >= 4 is 22.8 Å². The number of rotatable bonds is 6. The summed E-state index contributed by atoms with van der Waals surface area (Å²) in [6.45, 7) is 1.77. The number of amides is 1. The van der Waals surface area contributed by atoms with Crippen LogP contribution in [0.25, 0.3) is 28.0 Å². The van der Waals surface area contributed by atoms with Crippen LogP contribution in [0, 0.1) is 6.92 Å². The van der Waals surface area contributed by atoms with Gasteiger partial charge in [0.25, 0.3) is 11.5 Å². The molecule has 5 aromatic rings. The lowest BCUT2D eigenvalue weighted by Crippen LogP contribution is -2.22. The lowest BCUT2D eigenvalue weighted by molar-refractivity contribution is 0.102. The van der Waals surface area contributed by atoms with Gasteiger partial charge >= 0.3 is 0 Å². The van der Waals surface area contributed by atoms with E-state index in [1.165, 1.54) is 4.57 Å². The number of ether oxygens (including phenoxy) is 2. The van der Waals surface area contributed by atoms with Gasteiger partial charge in [-0.05, 0) is 55.5 Å². The van der Waals surface area contributed by atoms with Crippen LogP contribution in [0.2, 0.25) is 0 Å². The Balaban J connectivity index is 1.37. The summed E-state index contributed by atoms with van der Waals surface area (Å²) in [6.07, 6.45) is 0. The van der Waals surface area contributed by atoms with E-state index in [-0.39, 0.29) is 11.5 Å². The molecular weight excluding hydrogens is 460 g/mol. The average molecular weight is 483 g/mol. The predicted octanol–water partition coefficient (Wildman–Crippen LogP) is 3.75. The van der Waals surface area contributed by atoms with Crippen molar-refractivity contribution in [2.45, 2.75) is 6.92 Å². The van der Waals surface area contributed by atoms with Crippen molar-refractivity contribution in [2.24, 2.45) is 0 Å². The lowest BCUT2D eigenvalue weighted by atomic mass is 10.2. The predicted molar refractivity (Wildman–Crippen MR) is 135 cm³/mol. The Kier molecular flexibility index (Phi) is 5.91. The fraction of sp³-hybridized carbons (Fsp3) is 0.115. The van der Waals surface area contributed by atoms with Crippen LogP contribution >= 0.6 is 0 Å². The van der Waals surface area contributed by atoms with Gasteiger partial charge in [-0.2, -0.15) is 4.98 Å². The monoisotopic (exact) mass is 482 g/mol. The van der Waals surface area contributed by atoms with Crippen molar-refractivity contribution in [1.82, 2.24) is 24.7 Å². The highest BCUT2D eigenvalue weighted by Gasteiger charge is 2.15. The first-order valence-corrected chi connectivity index (χ1v) is 11.0. The van der Waals surface area contributed by atoms with Gasteiger partial charge in [-0.15, -0.1) is 5.10 Å². The molecule has 0 spiro atoms. The minimum Gasteiger partial charge on any atom is -0.497 e. The number of nitrogens with one attached hydrogen (secondary N) is 2. The maximum Gasteiger partial charge on any atom is 0.265 e. The number of carbonyl (C=O) groups excluding carboxylic acids is 1. The van der Waals surface area contributed by atoms with Gasteiger partial charge in [-0.25, -0.2) is 4.98 Å². The Labute approximate surface area is 205 Å². The fourth-order valence-electron chi connectivity index (χ4n) is 3.92.